The number of anilines is 1. The van der Waals surface area contributed by atoms with Crippen molar-refractivity contribution in [1.82, 2.24) is 14.9 Å². The number of rotatable bonds is 5. The van der Waals surface area contributed by atoms with Crippen molar-refractivity contribution in [2.24, 2.45) is 5.92 Å². The van der Waals surface area contributed by atoms with Crippen molar-refractivity contribution >= 4 is 5.82 Å². The molecule has 112 valence electrons. The van der Waals surface area contributed by atoms with Crippen molar-refractivity contribution in [2.75, 3.05) is 25.0 Å². The molecule has 2 atom stereocenters. The predicted molar refractivity (Wildman–Crippen MR) is 82.2 cm³/mol. The lowest BCUT2D eigenvalue weighted by Crippen LogP contribution is -2.46. The minimum Gasteiger partial charge on any atom is -0.352 e. The van der Waals surface area contributed by atoms with Crippen molar-refractivity contribution in [3.63, 3.8) is 0 Å². The topological polar surface area (TPSA) is 50.2 Å². The summed E-state index contributed by atoms with van der Waals surface area (Å²) < 4.78 is 1.77. The molecule has 0 spiro atoms. The van der Waals surface area contributed by atoms with Crippen molar-refractivity contribution in [3.8, 4) is 0 Å². The van der Waals surface area contributed by atoms with Crippen LogP contribution in [0.2, 0.25) is 0 Å². The Morgan fingerprint density at radius 2 is 2.35 bits per heavy atom. The lowest BCUT2D eigenvalue weighted by Gasteiger charge is -2.36. The summed E-state index contributed by atoms with van der Waals surface area (Å²) >= 11 is 0. The van der Waals surface area contributed by atoms with E-state index in [0.717, 1.165) is 32.5 Å². The van der Waals surface area contributed by atoms with Gasteiger partial charge in [-0.25, -0.2) is 4.98 Å². The standard InChI is InChI=1S/C15H26N4O/c1-4-8-18-10-7-17-14(15(18)20)19-9-5-6-13(11-19)12(2)16-3/h7,10,12-13,16H,4-6,8-9,11H2,1-3H3. The van der Waals surface area contributed by atoms with Gasteiger partial charge in [0.15, 0.2) is 5.82 Å². The highest BCUT2D eigenvalue weighted by Crippen LogP contribution is 2.21. The van der Waals surface area contributed by atoms with Crippen LogP contribution in [0.3, 0.4) is 0 Å². The minimum atomic E-state index is 0.0483. The van der Waals surface area contributed by atoms with Gasteiger partial charge in [-0.15, -0.1) is 0 Å². The first-order valence-corrected chi connectivity index (χ1v) is 7.65. The van der Waals surface area contributed by atoms with Crippen LogP contribution in [0.4, 0.5) is 5.82 Å². The number of hydrogen-bond acceptors (Lipinski definition) is 4. The smallest absolute Gasteiger partial charge is 0.293 e. The Morgan fingerprint density at radius 3 is 3.05 bits per heavy atom. The Balaban J connectivity index is 2.19. The van der Waals surface area contributed by atoms with Gasteiger partial charge in [-0.05, 0) is 39.2 Å². The molecule has 1 aromatic rings. The van der Waals surface area contributed by atoms with Gasteiger partial charge in [0.25, 0.3) is 5.56 Å². The molecule has 0 bridgehead atoms. The Hall–Kier alpha value is -1.36. The molecular weight excluding hydrogens is 252 g/mol. The average Bonchev–Trinajstić information content (AvgIpc) is 2.49. The molecule has 5 heteroatoms. The summed E-state index contributed by atoms with van der Waals surface area (Å²) in [5, 5.41) is 3.32. The number of piperidine rings is 1. The molecular formula is C15H26N4O. The van der Waals surface area contributed by atoms with Gasteiger partial charge >= 0.3 is 0 Å². The largest absolute Gasteiger partial charge is 0.352 e. The first kappa shape index (κ1) is 15.0. The molecule has 2 heterocycles. The number of nitrogens with one attached hydrogen (secondary N) is 1. The molecule has 0 aromatic carbocycles. The van der Waals surface area contributed by atoms with Crippen molar-refractivity contribution in [1.29, 1.82) is 0 Å². The van der Waals surface area contributed by atoms with Gasteiger partial charge in [0.05, 0.1) is 0 Å². The van der Waals surface area contributed by atoms with Crippen LogP contribution in [-0.2, 0) is 6.54 Å². The fourth-order valence-electron chi connectivity index (χ4n) is 2.92. The number of hydrogen-bond donors (Lipinski definition) is 1. The van der Waals surface area contributed by atoms with Gasteiger partial charge in [-0.1, -0.05) is 6.92 Å². The molecule has 1 aromatic heterocycles. The van der Waals surface area contributed by atoms with Crippen molar-refractivity contribution in [2.45, 2.75) is 45.7 Å². The third kappa shape index (κ3) is 3.20. The zero-order valence-corrected chi connectivity index (χ0v) is 12.8. The van der Waals surface area contributed by atoms with Gasteiger partial charge in [0.2, 0.25) is 0 Å². The maximum atomic E-state index is 12.4. The molecule has 0 aliphatic carbocycles. The van der Waals surface area contributed by atoms with Crippen LogP contribution in [0.15, 0.2) is 17.2 Å². The lowest BCUT2D eigenvalue weighted by molar-refractivity contribution is 0.331. The number of nitrogens with zero attached hydrogens (tertiary/aromatic N) is 3. The first-order valence-electron chi connectivity index (χ1n) is 7.65. The normalized spacial score (nSPS) is 20.9. The first-order chi connectivity index (χ1) is 9.67. The number of aryl methyl sites for hydroxylation is 1. The van der Waals surface area contributed by atoms with Crippen molar-refractivity contribution < 1.29 is 0 Å². The maximum Gasteiger partial charge on any atom is 0.293 e. The summed E-state index contributed by atoms with van der Waals surface area (Å²) in [5.41, 5.74) is 0.0483. The molecule has 0 radical (unpaired) electrons. The van der Waals surface area contributed by atoms with E-state index in [1.807, 2.05) is 7.05 Å². The minimum absolute atomic E-state index is 0.0483. The Kier molecular flexibility index (Phi) is 5.17. The lowest BCUT2D eigenvalue weighted by atomic mass is 9.92. The summed E-state index contributed by atoms with van der Waals surface area (Å²) in [5.74, 6) is 1.20. The zero-order valence-electron chi connectivity index (χ0n) is 12.8. The molecule has 0 amide bonds. The van der Waals surface area contributed by atoms with Crippen LogP contribution in [-0.4, -0.2) is 35.7 Å². The molecule has 0 saturated carbocycles. The van der Waals surface area contributed by atoms with Gasteiger partial charge in [0.1, 0.15) is 0 Å². The SMILES string of the molecule is CCCn1ccnc(N2CCCC(C(C)NC)C2)c1=O. The molecule has 2 unspecified atom stereocenters. The van der Waals surface area contributed by atoms with E-state index in [4.69, 9.17) is 0 Å². The molecule has 1 N–H and O–H groups in total. The molecule has 20 heavy (non-hydrogen) atoms. The second kappa shape index (κ2) is 6.88. The quantitative estimate of drug-likeness (QED) is 0.886. The summed E-state index contributed by atoms with van der Waals surface area (Å²) in [4.78, 5) is 18.9. The van der Waals surface area contributed by atoms with E-state index in [9.17, 15) is 4.79 Å². The number of aromatic nitrogens is 2. The maximum absolute atomic E-state index is 12.4. The third-order valence-corrected chi connectivity index (χ3v) is 4.28. The van der Waals surface area contributed by atoms with Gasteiger partial charge in [-0.3, -0.25) is 4.79 Å². The van der Waals surface area contributed by atoms with Gasteiger partial charge in [0, 0.05) is 38.1 Å². The highest BCUT2D eigenvalue weighted by molar-refractivity contribution is 5.36. The highest BCUT2D eigenvalue weighted by Gasteiger charge is 2.26. The van der Waals surface area contributed by atoms with Crippen LogP contribution in [0.5, 0.6) is 0 Å². The van der Waals surface area contributed by atoms with E-state index in [2.05, 4.69) is 29.0 Å². The van der Waals surface area contributed by atoms with E-state index >= 15 is 0 Å². The third-order valence-electron chi connectivity index (χ3n) is 4.28. The highest BCUT2D eigenvalue weighted by atomic mass is 16.1. The van der Waals surface area contributed by atoms with E-state index in [1.54, 1.807) is 17.0 Å². The summed E-state index contributed by atoms with van der Waals surface area (Å²) in [6.07, 6.45) is 6.84. The monoisotopic (exact) mass is 278 g/mol. The predicted octanol–water partition coefficient (Wildman–Crippen LogP) is 1.48. The van der Waals surface area contributed by atoms with Crippen LogP contribution in [0.25, 0.3) is 0 Å². The Morgan fingerprint density at radius 1 is 1.55 bits per heavy atom. The fraction of sp³-hybridized carbons (Fsp3) is 0.733. The molecule has 1 aliphatic heterocycles. The Bertz CT molecular complexity index is 485. The van der Waals surface area contributed by atoms with Crippen LogP contribution in [0.1, 0.15) is 33.1 Å². The molecule has 1 saturated heterocycles. The van der Waals surface area contributed by atoms with Gasteiger partial charge < -0.3 is 14.8 Å². The Labute approximate surface area is 121 Å². The molecule has 2 rings (SSSR count). The van der Waals surface area contributed by atoms with E-state index in [-0.39, 0.29) is 5.56 Å². The fourth-order valence-corrected chi connectivity index (χ4v) is 2.92. The van der Waals surface area contributed by atoms with E-state index in [0.29, 0.717) is 17.8 Å². The van der Waals surface area contributed by atoms with Gasteiger partial charge in [-0.2, -0.15) is 0 Å². The van der Waals surface area contributed by atoms with E-state index in [1.165, 1.54) is 6.42 Å². The molecule has 5 nitrogen and oxygen atoms in total. The average molecular weight is 278 g/mol. The second-order valence-electron chi connectivity index (χ2n) is 5.68. The summed E-state index contributed by atoms with van der Waals surface area (Å²) in [6, 6.07) is 0.472. The zero-order chi connectivity index (χ0) is 14.5. The summed E-state index contributed by atoms with van der Waals surface area (Å²) in [6.45, 7) is 6.91. The van der Waals surface area contributed by atoms with Crippen LogP contribution < -0.4 is 15.8 Å². The van der Waals surface area contributed by atoms with Crippen LogP contribution in [0, 0.1) is 5.92 Å². The molecule has 1 fully saturated rings. The molecule has 1 aliphatic rings. The van der Waals surface area contributed by atoms with Crippen LogP contribution >= 0.6 is 0 Å². The van der Waals surface area contributed by atoms with Crippen molar-refractivity contribution in [3.05, 3.63) is 22.7 Å². The second-order valence-corrected chi connectivity index (χ2v) is 5.68. The summed E-state index contributed by atoms with van der Waals surface area (Å²) in [7, 11) is 2.00. The van der Waals surface area contributed by atoms with E-state index < -0.39 is 0 Å².